The molecule has 0 radical (unpaired) electrons. The van der Waals surface area contributed by atoms with Crippen LogP contribution in [0.5, 0.6) is 0 Å². The van der Waals surface area contributed by atoms with Crippen molar-refractivity contribution in [2.24, 2.45) is 0 Å². The first-order valence-corrected chi connectivity index (χ1v) is 7.08. The molecule has 0 N–H and O–H groups in total. The maximum absolute atomic E-state index is 12.4. The Morgan fingerprint density at radius 1 is 1.56 bits per heavy atom. The van der Waals surface area contributed by atoms with Gasteiger partial charge in [-0.3, -0.25) is 4.79 Å². The molecule has 0 bridgehead atoms. The van der Waals surface area contributed by atoms with Crippen LogP contribution in [-0.4, -0.2) is 36.6 Å². The zero-order valence-electron chi connectivity index (χ0n) is 10.8. The average molecular weight is 312 g/mol. The summed E-state index contributed by atoms with van der Waals surface area (Å²) in [6.07, 6.45) is 1.12. The summed E-state index contributed by atoms with van der Waals surface area (Å²) in [5, 5.41) is 0. The van der Waals surface area contributed by atoms with Crippen LogP contribution in [-0.2, 0) is 4.74 Å². The average Bonchev–Trinajstić information content (AvgIpc) is 2.38. The monoisotopic (exact) mass is 311 g/mol. The van der Waals surface area contributed by atoms with Crippen LogP contribution in [0.25, 0.3) is 0 Å². The maximum Gasteiger partial charge on any atom is 0.255 e. The van der Waals surface area contributed by atoms with Gasteiger partial charge in [0.2, 0.25) is 0 Å². The molecule has 1 amide bonds. The molecular weight excluding hydrogens is 294 g/mol. The molecule has 1 aromatic carbocycles. The smallest absolute Gasteiger partial charge is 0.255 e. The van der Waals surface area contributed by atoms with E-state index in [2.05, 4.69) is 22.9 Å². The van der Waals surface area contributed by atoms with Gasteiger partial charge < -0.3 is 9.64 Å². The third kappa shape index (κ3) is 2.93. The van der Waals surface area contributed by atoms with E-state index in [0.717, 1.165) is 22.0 Å². The predicted octanol–water partition coefficient (Wildman–Crippen LogP) is 3.01. The minimum absolute atomic E-state index is 0.0867. The summed E-state index contributed by atoms with van der Waals surface area (Å²) in [7, 11) is 0. The number of hydrogen-bond acceptors (Lipinski definition) is 2. The zero-order valence-corrected chi connectivity index (χ0v) is 12.4. The number of ether oxygens (including phenoxy) is 1. The Kier molecular flexibility index (Phi) is 4.40. The minimum atomic E-state index is 0.0867. The van der Waals surface area contributed by atoms with Gasteiger partial charge in [0.1, 0.15) is 0 Å². The van der Waals surface area contributed by atoms with E-state index >= 15 is 0 Å². The number of hydrogen-bond donors (Lipinski definition) is 0. The molecule has 2 rings (SSSR count). The van der Waals surface area contributed by atoms with Crippen molar-refractivity contribution in [3.8, 4) is 0 Å². The van der Waals surface area contributed by atoms with Gasteiger partial charge in [-0.25, -0.2) is 0 Å². The van der Waals surface area contributed by atoms with Gasteiger partial charge in [0.05, 0.1) is 18.3 Å². The number of morpholine rings is 1. The zero-order chi connectivity index (χ0) is 13.1. The fourth-order valence-corrected chi connectivity index (χ4v) is 2.78. The summed E-state index contributed by atoms with van der Waals surface area (Å²) < 4.78 is 6.45. The summed E-state index contributed by atoms with van der Waals surface area (Å²) in [5.74, 6) is 0.0867. The van der Waals surface area contributed by atoms with E-state index in [-0.39, 0.29) is 12.0 Å². The molecule has 4 heteroatoms. The summed E-state index contributed by atoms with van der Waals surface area (Å²) >= 11 is 3.47. The molecule has 18 heavy (non-hydrogen) atoms. The molecule has 98 valence electrons. The molecule has 0 aromatic heterocycles. The summed E-state index contributed by atoms with van der Waals surface area (Å²) in [5.41, 5.74) is 1.88. The standard InChI is InChI=1S/C14H18BrNO2/c1-3-11-9-16(6-7-18-11)14(17)12-5-4-10(2)8-13(12)15/h4-5,8,11H,3,6-7,9H2,1-2H3. The first-order chi connectivity index (χ1) is 8.61. The lowest BCUT2D eigenvalue weighted by Crippen LogP contribution is -2.45. The molecule has 1 fully saturated rings. The Balaban J connectivity index is 2.15. The van der Waals surface area contributed by atoms with Gasteiger partial charge >= 0.3 is 0 Å². The summed E-state index contributed by atoms with van der Waals surface area (Å²) in [6.45, 7) is 6.10. The van der Waals surface area contributed by atoms with Gasteiger partial charge in [-0.15, -0.1) is 0 Å². The van der Waals surface area contributed by atoms with Crippen molar-refractivity contribution < 1.29 is 9.53 Å². The number of nitrogens with zero attached hydrogens (tertiary/aromatic N) is 1. The summed E-state index contributed by atoms with van der Waals surface area (Å²) in [6, 6.07) is 5.83. The van der Waals surface area contributed by atoms with Gasteiger partial charge in [0.15, 0.2) is 0 Å². The first kappa shape index (κ1) is 13.6. The van der Waals surface area contributed by atoms with E-state index in [9.17, 15) is 4.79 Å². The Morgan fingerprint density at radius 3 is 3.00 bits per heavy atom. The normalized spacial score (nSPS) is 19.9. The minimum Gasteiger partial charge on any atom is -0.375 e. The van der Waals surface area contributed by atoms with Gasteiger partial charge in [-0.05, 0) is 47.0 Å². The van der Waals surface area contributed by atoms with E-state index in [1.807, 2.05) is 30.0 Å². The molecule has 1 aliphatic heterocycles. The molecule has 3 nitrogen and oxygen atoms in total. The lowest BCUT2D eigenvalue weighted by atomic mass is 10.1. The Bertz CT molecular complexity index is 447. The maximum atomic E-state index is 12.4. The molecule has 1 saturated heterocycles. The molecule has 1 heterocycles. The number of amides is 1. The fraction of sp³-hybridized carbons (Fsp3) is 0.500. The van der Waals surface area contributed by atoms with Crippen molar-refractivity contribution in [3.05, 3.63) is 33.8 Å². The first-order valence-electron chi connectivity index (χ1n) is 6.29. The number of carbonyl (C=O) groups excluding carboxylic acids is 1. The van der Waals surface area contributed by atoms with Crippen LogP contribution in [0.3, 0.4) is 0 Å². The van der Waals surface area contributed by atoms with E-state index in [0.29, 0.717) is 19.7 Å². The number of carbonyl (C=O) groups is 1. The lowest BCUT2D eigenvalue weighted by molar-refractivity contribution is -0.0226. The fourth-order valence-electron chi connectivity index (χ4n) is 2.11. The third-order valence-corrected chi connectivity index (χ3v) is 3.89. The highest BCUT2D eigenvalue weighted by molar-refractivity contribution is 9.10. The predicted molar refractivity (Wildman–Crippen MR) is 74.8 cm³/mol. The van der Waals surface area contributed by atoms with Gasteiger partial charge in [-0.2, -0.15) is 0 Å². The van der Waals surface area contributed by atoms with Gasteiger partial charge in [-0.1, -0.05) is 13.0 Å². The van der Waals surface area contributed by atoms with Crippen molar-refractivity contribution in [2.75, 3.05) is 19.7 Å². The van der Waals surface area contributed by atoms with Gasteiger partial charge in [0.25, 0.3) is 5.91 Å². The van der Waals surface area contributed by atoms with Crippen molar-refractivity contribution in [3.63, 3.8) is 0 Å². The molecular formula is C14H18BrNO2. The largest absolute Gasteiger partial charge is 0.375 e. The van der Waals surface area contributed by atoms with Crippen LogP contribution in [0.15, 0.2) is 22.7 Å². The molecule has 1 aromatic rings. The van der Waals surface area contributed by atoms with Gasteiger partial charge in [0, 0.05) is 17.6 Å². The molecule has 0 aliphatic carbocycles. The second-order valence-corrected chi connectivity index (χ2v) is 5.49. The van der Waals surface area contributed by atoms with Crippen LogP contribution >= 0.6 is 15.9 Å². The molecule has 0 spiro atoms. The van der Waals surface area contributed by atoms with Crippen molar-refractivity contribution in [1.29, 1.82) is 0 Å². The number of benzene rings is 1. The number of aryl methyl sites for hydroxylation is 1. The SMILES string of the molecule is CCC1CN(C(=O)c2ccc(C)cc2Br)CCO1. The van der Waals surface area contributed by atoms with E-state index in [1.165, 1.54) is 0 Å². The topological polar surface area (TPSA) is 29.5 Å². The second kappa shape index (κ2) is 5.85. The second-order valence-electron chi connectivity index (χ2n) is 4.64. The van der Waals surface area contributed by atoms with Crippen molar-refractivity contribution in [1.82, 2.24) is 4.90 Å². The Morgan fingerprint density at radius 2 is 2.33 bits per heavy atom. The lowest BCUT2D eigenvalue weighted by Gasteiger charge is -2.32. The highest BCUT2D eigenvalue weighted by atomic mass is 79.9. The highest BCUT2D eigenvalue weighted by Crippen LogP contribution is 2.21. The molecule has 1 aliphatic rings. The third-order valence-electron chi connectivity index (χ3n) is 3.24. The summed E-state index contributed by atoms with van der Waals surface area (Å²) in [4.78, 5) is 14.3. The molecule has 0 saturated carbocycles. The van der Waals surface area contributed by atoms with Crippen LogP contribution in [0.1, 0.15) is 29.3 Å². The quantitative estimate of drug-likeness (QED) is 0.840. The Labute approximate surface area is 116 Å². The van der Waals surface area contributed by atoms with Crippen LogP contribution in [0, 0.1) is 6.92 Å². The highest BCUT2D eigenvalue weighted by Gasteiger charge is 2.24. The Hall–Kier alpha value is -0.870. The van der Waals surface area contributed by atoms with Crippen molar-refractivity contribution in [2.45, 2.75) is 26.4 Å². The van der Waals surface area contributed by atoms with E-state index in [1.54, 1.807) is 0 Å². The van der Waals surface area contributed by atoms with Crippen LogP contribution in [0.2, 0.25) is 0 Å². The van der Waals surface area contributed by atoms with Crippen LogP contribution < -0.4 is 0 Å². The van der Waals surface area contributed by atoms with E-state index in [4.69, 9.17) is 4.74 Å². The van der Waals surface area contributed by atoms with E-state index < -0.39 is 0 Å². The number of rotatable bonds is 2. The van der Waals surface area contributed by atoms with Crippen molar-refractivity contribution >= 4 is 21.8 Å². The van der Waals surface area contributed by atoms with Crippen LogP contribution in [0.4, 0.5) is 0 Å². The number of halogens is 1. The molecule has 1 atom stereocenters. The molecule has 1 unspecified atom stereocenters.